The molecule has 0 saturated carbocycles. The molecular formula is C18H30ClN3O4S. The minimum Gasteiger partial charge on any atom is -0.492 e. The fraction of sp³-hybridized carbons (Fsp3) is 0.611. The quantitative estimate of drug-likeness (QED) is 0.674. The van der Waals surface area contributed by atoms with Crippen LogP contribution in [0, 0.1) is 0 Å². The van der Waals surface area contributed by atoms with E-state index in [2.05, 4.69) is 5.32 Å². The predicted octanol–water partition coefficient (Wildman–Crippen LogP) is 2.75. The molecule has 0 aromatic heterocycles. The number of nitrogens with two attached hydrogens (primary N) is 1. The van der Waals surface area contributed by atoms with Gasteiger partial charge in [0.05, 0.1) is 12.6 Å². The number of hydrogen-bond donors (Lipinski definition) is 2. The third kappa shape index (κ3) is 6.07. The number of ether oxygens (including phenoxy) is 1. The van der Waals surface area contributed by atoms with E-state index in [0.29, 0.717) is 37.6 Å². The van der Waals surface area contributed by atoms with Gasteiger partial charge in [-0.15, -0.1) is 12.4 Å². The van der Waals surface area contributed by atoms with Crippen LogP contribution >= 0.6 is 12.4 Å². The number of amides is 1. The Balaban J connectivity index is 0.00000364. The van der Waals surface area contributed by atoms with Crippen LogP contribution in [0.1, 0.15) is 46.0 Å². The molecule has 1 atom stereocenters. The highest BCUT2D eigenvalue weighted by Crippen LogP contribution is 2.31. The van der Waals surface area contributed by atoms with Gasteiger partial charge in [0.15, 0.2) is 0 Å². The lowest BCUT2D eigenvalue weighted by Crippen LogP contribution is -2.36. The second kappa shape index (κ2) is 10.8. The van der Waals surface area contributed by atoms with Gasteiger partial charge in [0.25, 0.3) is 0 Å². The summed E-state index contributed by atoms with van der Waals surface area (Å²) in [6.45, 7) is 5.12. The lowest BCUT2D eigenvalue weighted by molar-refractivity contribution is -0.117. The molecule has 2 rings (SSSR count). The number of rotatable bonds is 8. The third-order valence-electron chi connectivity index (χ3n) is 4.38. The Morgan fingerprint density at radius 2 is 1.93 bits per heavy atom. The average molecular weight is 420 g/mol. The Hall–Kier alpha value is -1.35. The number of hydrogen-bond acceptors (Lipinski definition) is 5. The van der Waals surface area contributed by atoms with Crippen molar-refractivity contribution in [2.45, 2.75) is 56.9 Å². The molecule has 9 heteroatoms. The molecule has 1 aromatic rings. The first-order chi connectivity index (χ1) is 12.4. The van der Waals surface area contributed by atoms with E-state index >= 15 is 0 Å². The molecule has 1 fully saturated rings. The van der Waals surface area contributed by atoms with E-state index in [9.17, 15) is 13.2 Å². The molecule has 1 saturated heterocycles. The SMILES string of the molecule is CCCC(N)C(=O)Nc1ccc(OCC)c(S(=O)(=O)N2CCCCC2)c1.Cl. The standard InChI is InChI=1S/C18H29N3O4S.ClH/c1-3-8-15(19)18(22)20-14-9-10-16(25-4-2)17(13-14)26(23,24)21-11-6-5-7-12-21;/h9-10,13,15H,3-8,11-12,19H2,1-2H3,(H,20,22);1H. The summed E-state index contributed by atoms with van der Waals surface area (Å²) in [6.07, 6.45) is 4.11. The van der Waals surface area contributed by atoms with Crippen LogP contribution in [0.4, 0.5) is 5.69 Å². The molecule has 0 bridgehead atoms. The normalized spacial score (nSPS) is 16.3. The Labute approximate surface area is 168 Å². The first kappa shape index (κ1) is 23.7. The molecule has 0 aliphatic carbocycles. The van der Waals surface area contributed by atoms with E-state index in [1.54, 1.807) is 19.1 Å². The fourth-order valence-electron chi connectivity index (χ4n) is 2.98. The van der Waals surface area contributed by atoms with Gasteiger partial charge in [0, 0.05) is 18.8 Å². The molecule has 1 amide bonds. The summed E-state index contributed by atoms with van der Waals surface area (Å²) in [4.78, 5) is 12.2. The van der Waals surface area contributed by atoms with Crippen LogP contribution in [0.5, 0.6) is 5.75 Å². The summed E-state index contributed by atoms with van der Waals surface area (Å²) >= 11 is 0. The number of nitrogens with one attached hydrogen (secondary N) is 1. The molecule has 154 valence electrons. The van der Waals surface area contributed by atoms with Crippen molar-refractivity contribution in [3.05, 3.63) is 18.2 Å². The Bertz CT molecular complexity index is 721. The molecule has 1 heterocycles. The monoisotopic (exact) mass is 419 g/mol. The Morgan fingerprint density at radius 1 is 1.26 bits per heavy atom. The smallest absolute Gasteiger partial charge is 0.246 e. The zero-order valence-electron chi connectivity index (χ0n) is 15.9. The molecule has 0 spiro atoms. The molecule has 7 nitrogen and oxygen atoms in total. The maximum absolute atomic E-state index is 13.1. The van der Waals surface area contributed by atoms with Crippen molar-refractivity contribution in [1.82, 2.24) is 4.31 Å². The van der Waals surface area contributed by atoms with Gasteiger partial charge < -0.3 is 15.8 Å². The summed E-state index contributed by atoms with van der Waals surface area (Å²) in [5.74, 6) is -0.0220. The van der Waals surface area contributed by atoms with Crippen LogP contribution in [0.15, 0.2) is 23.1 Å². The van der Waals surface area contributed by atoms with Crippen LogP contribution in [-0.2, 0) is 14.8 Å². The van der Waals surface area contributed by atoms with E-state index in [4.69, 9.17) is 10.5 Å². The number of anilines is 1. The van der Waals surface area contributed by atoms with Crippen molar-refractivity contribution in [2.75, 3.05) is 25.0 Å². The molecule has 3 N–H and O–H groups in total. The topological polar surface area (TPSA) is 102 Å². The van der Waals surface area contributed by atoms with Crippen LogP contribution in [0.2, 0.25) is 0 Å². The molecule has 1 unspecified atom stereocenters. The molecule has 1 aromatic carbocycles. The van der Waals surface area contributed by atoms with Crippen molar-refractivity contribution in [3.63, 3.8) is 0 Å². The Kier molecular flexibility index (Phi) is 9.52. The van der Waals surface area contributed by atoms with Crippen molar-refractivity contribution in [2.24, 2.45) is 5.73 Å². The van der Waals surface area contributed by atoms with Gasteiger partial charge in [-0.1, -0.05) is 19.8 Å². The molecule has 27 heavy (non-hydrogen) atoms. The van der Waals surface area contributed by atoms with E-state index in [0.717, 1.165) is 25.7 Å². The fourth-order valence-corrected chi connectivity index (χ4v) is 4.66. The number of nitrogens with zero attached hydrogens (tertiary/aromatic N) is 1. The van der Waals surface area contributed by atoms with Gasteiger partial charge in [0.2, 0.25) is 15.9 Å². The van der Waals surface area contributed by atoms with Gasteiger partial charge >= 0.3 is 0 Å². The van der Waals surface area contributed by atoms with Gasteiger partial charge in [-0.25, -0.2) is 8.42 Å². The molecular weight excluding hydrogens is 390 g/mol. The summed E-state index contributed by atoms with van der Waals surface area (Å²) < 4.78 is 33.1. The van der Waals surface area contributed by atoms with Crippen molar-refractivity contribution >= 4 is 34.0 Å². The summed E-state index contributed by atoms with van der Waals surface area (Å²) in [5, 5.41) is 2.71. The predicted molar refractivity (Wildman–Crippen MR) is 109 cm³/mol. The molecule has 1 aliphatic rings. The van der Waals surface area contributed by atoms with Crippen molar-refractivity contribution in [3.8, 4) is 5.75 Å². The van der Waals surface area contributed by atoms with Gasteiger partial charge in [-0.2, -0.15) is 4.31 Å². The highest BCUT2D eigenvalue weighted by atomic mass is 35.5. The second-order valence-corrected chi connectivity index (χ2v) is 8.35. The van der Waals surface area contributed by atoms with E-state index in [-0.39, 0.29) is 23.2 Å². The maximum Gasteiger partial charge on any atom is 0.246 e. The molecule has 0 radical (unpaired) electrons. The second-order valence-electron chi connectivity index (χ2n) is 6.44. The van der Waals surface area contributed by atoms with Gasteiger partial charge in [0.1, 0.15) is 10.6 Å². The molecule has 1 aliphatic heterocycles. The highest BCUT2D eigenvalue weighted by Gasteiger charge is 2.29. The van der Waals surface area contributed by atoms with E-state index < -0.39 is 16.1 Å². The zero-order valence-corrected chi connectivity index (χ0v) is 17.6. The van der Waals surface area contributed by atoms with Gasteiger partial charge in [-0.05, 0) is 44.4 Å². The third-order valence-corrected chi connectivity index (χ3v) is 6.30. The van der Waals surface area contributed by atoms with Crippen LogP contribution in [0.3, 0.4) is 0 Å². The first-order valence-corrected chi connectivity index (χ1v) is 10.7. The highest BCUT2D eigenvalue weighted by molar-refractivity contribution is 7.89. The minimum atomic E-state index is -3.68. The number of carbonyl (C=O) groups is 1. The summed E-state index contributed by atoms with van der Waals surface area (Å²) in [5.41, 5.74) is 6.23. The maximum atomic E-state index is 13.1. The number of benzene rings is 1. The number of carbonyl (C=O) groups excluding carboxylic acids is 1. The lowest BCUT2D eigenvalue weighted by atomic mass is 10.1. The first-order valence-electron chi connectivity index (χ1n) is 9.23. The number of halogens is 1. The van der Waals surface area contributed by atoms with E-state index in [1.807, 2.05) is 6.92 Å². The van der Waals surface area contributed by atoms with Gasteiger partial charge in [-0.3, -0.25) is 4.79 Å². The van der Waals surface area contributed by atoms with Crippen LogP contribution in [-0.4, -0.2) is 44.4 Å². The average Bonchev–Trinajstić information content (AvgIpc) is 2.64. The largest absolute Gasteiger partial charge is 0.492 e. The number of piperidine rings is 1. The number of sulfonamides is 1. The van der Waals surface area contributed by atoms with Crippen LogP contribution in [0.25, 0.3) is 0 Å². The Morgan fingerprint density at radius 3 is 2.52 bits per heavy atom. The minimum absolute atomic E-state index is 0. The van der Waals surface area contributed by atoms with E-state index in [1.165, 1.54) is 10.4 Å². The zero-order chi connectivity index (χ0) is 19.2. The van der Waals surface area contributed by atoms with Crippen molar-refractivity contribution in [1.29, 1.82) is 0 Å². The summed E-state index contributed by atoms with van der Waals surface area (Å²) in [6, 6.07) is 4.07. The summed E-state index contributed by atoms with van der Waals surface area (Å²) in [7, 11) is -3.68. The van der Waals surface area contributed by atoms with Crippen molar-refractivity contribution < 1.29 is 17.9 Å². The lowest BCUT2D eigenvalue weighted by Gasteiger charge is -2.27. The van der Waals surface area contributed by atoms with Crippen LogP contribution < -0.4 is 15.8 Å².